The molecule has 1 spiro atoms. The van der Waals surface area contributed by atoms with Gasteiger partial charge in [0, 0.05) is 18.5 Å². The Morgan fingerprint density at radius 3 is 2.66 bits per heavy atom. The zero-order chi connectivity index (χ0) is 21.9. The number of halogens is 2. The van der Waals surface area contributed by atoms with E-state index in [-0.39, 0.29) is 23.4 Å². The van der Waals surface area contributed by atoms with Crippen molar-refractivity contribution in [3.05, 3.63) is 53.1 Å². The second kappa shape index (κ2) is 6.71. The van der Waals surface area contributed by atoms with Gasteiger partial charge in [-0.05, 0) is 6.92 Å². The summed E-state index contributed by atoms with van der Waals surface area (Å²) in [5, 5.41) is 16.0. The molecule has 11 nitrogen and oxygen atoms in total. The summed E-state index contributed by atoms with van der Waals surface area (Å²) < 4.78 is 37.1. The van der Waals surface area contributed by atoms with E-state index in [9.17, 15) is 0 Å². The van der Waals surface area contributed by atoms with Gasteiger partial charge in [-0.25, -0.2) is 30.1 Å². The number of aromatic nitrogens is 7. The topological polar surface area (TPSA) is 143 Å². The number of benzene rings is 1. The Morgan fingerprint density at radius 1 is 1.16 bits per heavy atom. The number of anilines is 1. The highest BCUT2D eigenvalue weighted by Gasteiger charge is 2.49. The lowest BCUT2D eigenvalue weighted by Crippen LogP contribution is -2.28. The third-order valence-corrected chi connectivity index (χ3v) is 5.85. The Bertz CT molecular complexity index is 1300. The van der Waals surface area contributed by atoms with E-state index in [0.717, 1.165) is 6.42 Å². The fourth-order valence-corrected chi connectivity index (χ4v) is 3.90. The van der Waals surface area contributed by atoms with Crippen LogP contribution in [0.2, 0.25) is 0 Å². The van der Waals surface area contributed by atoms with E-state index in [1.54, 1.807) is 25.1 Å². The van der Waals surface area contributed by atoms with Crippen LogP contribution in [0.25, 0.3) is 11.2 Å². The molecular weight excluding hydrogens is 422 g/mol. The number of nitrogens with zero attached hydrogens (tertiary/aromatic N) is 8. The molecule has 6 rings (SSSR count). The number of hydrogen-bond donors (Lipinski definition) is 2. The highest BCUT2D eigenvalue weighted by atomic mass is 19.3. The summed E-state index contributed by atoms with van der Waals surface area (Å²) in [4.78, 5) is 10.4. The molecule has 1 aromatic carbocycles. The third kappa shape index (κ3) is 3.00. The molecule has 13 heteroatoms. The number of aryl methyl sites for hydroxylation is 1. The standard InChI is InChI=1S/C19H18F2N10O/c1-11-13(26-32-25-11)9-31-16-14(24-29-31)15(30-8-7-18(10-30)27-28-18)22-17(23-16)19(20,21)12-5-3-2-4-6-12/h2-6,27-28H,7-10H2,1H3. The van der Waals surface area contributed by atoms with Gasteiger partial charge >= 0.3 is 5.92 Å². The number of hydrazine groups is 1. The second-order valence-corrected chi connectivity index (χ2v) is 8.03. The zero-order valence-electron chi connectivity index (χ0n) is 17.0. The summed E-state index contributed by atoms with van der Waals surface area (Å²) in [6.07, 6.45) is 0.806. The van der Waals surface area contributed by atoms with Gasteiger partial charge in [0.15, 0.2) is 17.0 Å². The van der Waals surface area contributed by atoms with E-state index in [1.807, 2.05) is 4.90 Å². The Morgan fingerprint density at radius 2 is 1.97 bits per heavy atom. The first-order valence-electron chi connectivity index (χ1n) is 10.1. The maximum atomic E-state index is 15.5. The first-order valence-corrected chi connectivity index (χ1v) is 10.1. The lowest BCUT2D eigenvalue weighted by atomic mass is 10.1. The monoisotopic (exact) mass is 440 g/mol. The summed E-state index contributed by atoms with van der Waals surface area (Å²) >= 11 is 0. The highest BCUT2D eigenvalue weighted by Crippen LogP contribution is 2.37. The number of hydrogen-bond acceptors (Lipinski definition) is 10. The Kier molecular flexibility index (Phi) is 4.01. The molecule has 0 bridgehead atoms. The minimum Gasteiger partial charge on any atom is -0.351 e. The van der Waals surface area contributed by atoms with Crippen LogP contribution in [0.5, 0.6) is 0 Å². The molecule has 0 atom stereocenters. The van der Waals surface area contributed by atoms with Crippen LogP contribution in [0.3, 0.4) is 0 Å². The summed E-state index contributed by atoms with van der Waals surface area (Å²) in [5.41, 5.74) is 7.47. The van der Waals surface area contributed by atoms with Gasteiger partial charge in [-0.15, -0.1) is 5.10 Å². The summed E-state index contributed by atoms with van der Waals surface area (Å²) in [5.74, 6) is -3.69. The molecule has 3 aromatic heterocycles. The highest BCUT2D eigenvalue weighted by molar-refractivity contribution is 5.83. The molecule has 5 heterocycles. The molecule has 0 radical (unpaired) electrons. The lowest BCUT2D eigenvalue weighted by molar-refractivity contribution is 0.0332. The Hall–Kier alpha value is -3.58. The second-order valence-electron chi connectivity index (χ2n) is 8.03. The van der Waals surface area contributed by atoms with Crippen LogP contribution in [0.1, 0.15) is 29.2 Å². The molecule has 0 saturated carbocycles. The smallest absolute Gasteiger partial charge is 0.331 e. The van der Waals surface area contributed by atoms with Crippen molar-refractivity contribution >= 4 is 17.0 Å². The van der Waals surface area contributed by atoms with Crippen LogP contribution < -0.4 is 15.8 Å². The fourth-order valence-electron chi connectivity index (χ4n) is 3.90. The molecule has 2 aliphatic heterocycles. The van der Waals surface area contributed by atoms with Gasteiger partial charge in [0.1, 0.15) is 17.1 Å². The van der Waals surface area contributed by atoms with Crippen LogP contribution >= 0.6 is 0 Å². The lowest BCUT2D eigenvalue weighted by Gasteiger charge is -2.20. The molecule has 0 amide bonds. The van der Waals surface area contributed by atoms with Gasteiger partial charge in [0.25, 0.3) is 0 Å². The van der Waals surface area contributed by atoms with E-state index >= 15 is 8.78 Å². The minimum atomic E-state index is -3.40. The average molecular weight is 440 g/mol. The SMILES string of the molecule is Cc1nonc1Cn1nnc2c(N3CCC4(C3)NN4)nc(C(F)(F)c3ccccc3)nc21. The Labute approximate surface area is 179 Å². The molecule has 4 aromatic rings. The normalized spacial score (nSPS) is 17.5. The molecule has 2 aliphatic rings. The van der Waals surface area contributed by atoms with Gasteiger partial charge < -0.3 is 4.90 Å². The first kappa shape index (κ1) is 19.1. The van der Waals surface area contributed by atoms with E-state index < -0.39 is 11.7 Å². The maximum Gasteiger partial charge on any atom is 0.331 e. The van der Waals surface area contributed by atoms with Crippen LogP contribution in [-0.2, 0) is 12.5 Å². The first-order chi connectivity index (χ1) is 15.5. The van der Waals surface area contributed by atoms with Crippen LogP contribution in [0, 0.1) is 6.92 Å². The van der Waals surface area contributed by atoms with Crippen molar-refractivity contribution in [2.45, 2.75) is 31.5 Å². The van der Waals surface area contributed by atoms with Crippen molar-refractivity contribution in [3.8, 4) is 0 Å². The van der Waals surface area contributed by atoms with Gasteiger partial charge in [0.2, 0.25) is 5.82 Å². The predicted octanol–water partition coefficient (Wildman–Crippen LogP) is 1.12. The van der Waals surface area contributed by atoms with E-state index in [4.69, 9.17) is 4.63 Å². The molecule has 0 aliphatic carbocycles. The minimum absolute atomic E-state index is 0.131. The average Bonchev–Trinajstić information content (AvgIpc) is 3.10. The Balaban J connectivity index is 1.50. The molecule has 164 valence electrons. The number of fused-ring (bicyclic) bond motifs is 1. The number of nitrogens with one attached hydrogen (secondary N) is 2. The fraction of sp³-hybridized carbons (Fsp3) is 0.368. The summed E-state index contributed by atoms with van der Waals surface area (Å²) in [6, 6.07) is 7.51. The molecular formula is C19H18F2N10O. The molecule has 2 saturated heterocycles. The van der Waals surface area contributed by atoms with Gasteiger partial charge in [0.05, 0.1) is 13.1 Å². The van der Waals surface area contributed by atoms with Crippen molar-refractivity contribution in [3.63, 3.8) is 0 Å². The molecule has 32 heavy (non-hydrogen) atoms. The summed E-state index contributed by atoms with van der Waals surface area (Å²) in [7, 11) is 0. The predicted molar refractivity (Wildman–Crippen MR) is 107 cm³/mol. The largest absolute Gasteiger partial charge is 0.351 e. The van der Waals surface area contributed by atoms with Crippen molar-refractivity contribution in [2.75, 3.05) is 18.0 Å². The van der Waals surface area contributed by atoms with E-state index in [2.05, 4.69) is 41.4 Å². The number of rotatable bonds is 5. The molecule has 2 N–H and O–H groups in total. The molecule has 2 fully saturated rings. The van der Waals surface area contributed by atoms with Crippen molar-refractivity contribution in [1.82, 2.24) is 46.1 Å². The summed E-state index contributed by atoms with van der Waals surface area (Å²) in [6.45, 7) is 3.06. The van der Waals surface area contributed by atoms with Gasteiger partial charge in [-0.2, -0.15) is 8.78 Å². The van der Waals surface area contributed by atoms with Crippen molar-refractivity contribution in [2.24, 2.45) is 0 Å². The van der Waals surface area contributed by atoms with Crippen LogP contribution in [-0.4, -0.2) is 54.0 Å². The van der Waals surface area contributed by atoms with Crippen molar-refractivity contribution in [1.29, 1.82) is 0 Å². The third-order valence-electron chi connectivity index (χ3n) is 5.85. The van der Waals surface area contributed by atoms with E-state index in [1.165, 1.54) is 16.8 Å². The van der Waals surface area contributed by atoms with Gasteiger partial charge in [-0.1, -0.05) is 45.9 Å². The molecule has 0 unspecified atom stereocenters. The van der Waals surface area contributed by atoms with Crippen molar-refractivity contribution < 1.29 is 13.4 Å². The number of alkyl halides is 2. The zero-order valence-corrected chi connectivity index (χ0v) is 17.0. The van der Waals surface area contributed by atoms with E-state index in [0.29, 0.717) is 35.8 Å². The van der Waals surface area contributed by atoms with Crippen LogP contribution in [0.4, 0.5) is 14.6 Å². The van der Waals surface area contributed by atoms with Gasteiger partial charge in [-0.3, -0.25) is 0 Å². The van der Waals surface area contributed by atoms with Crippen LogP contribution in [0.15, 0.2) is 35.0 Å². The quantitative estimate of drug-likeness (QED) is 0.433. The maximum absolute atomic E-state index is 15.5.